The van der Waals surface area contributed by atoms with Crippen molar-refractivity contribution >= 4 is 39.0 Å². The highest BCUT2D eigenvalue weighted by molar-refractivity contribution is 7.20. The Kier molecular flexibility index (Phi) is 4.83. The van der Waals surface area contributed by atoms with Crippen molar-refractivity contribution in [2.24, 2.45) is 0 Å². The molecule has 140 valence electrons. The maximum Gasteiger partial charge on any atom is 0.266 e. The summed E-state index contributed by atoms with van der Waals surface area (Å²) < 4.78 is 0. The van der Waals surface area contributed by atoms with Gasteiger partial charge in [0.05, 0.1) is 10.3 Å². The van der Waals surface area contributed by atoms with E-state index in [9.17, 15) is 4.79 Å². The number of nitrogens with zero attached hydrogens (tertiary/aromatic N) is 3. The lowest BCUT2D eigenvalue weighted by Gasteiger charge is -2.18. The predicted octanol–water partition coefficient (Wildman–Crippen LogP) is 4.72. The molecule has 4 rings (SSSR count). The topological polar surface area (TPSA) is 58.1 Å². The van der Waals surface area contributed by atoms with E-state index in [1.54, 1.807) is 0 Å². The zero-order chi connectivity index (χ0) is 19.0. The van der Waals surface area contributed by atoms with Crippen LogP contribution in [0, 0.1) is 13.8 Å². The van der Waals surface area contributed by atoms with Crippen LogP contribution in [0.4, 0.5) is 11.5 Å². The third-order valence-electron chi connectivity index (χ3n) is 5.11. The monoisotopic (exact) mass is 380 g/mol. The molecule has 1 saturated heterocycles. The summed E-state index contributed by atoms with van der Waals surface area (Å²) in [4.78, 5) is 26.2. The quantitative estimate of drug-likeness (QED) is 0.711. The van der Waals surface area contributed by atoms with Gasteiger partial charge >= 0.3 is 0 Å². The number of thiophene rings is 1. The van der Waals surface area contributed by atoms with Crippen LogP contribution in [0.5, 0.6) is 0 Å². The van der Waals surface area contributed by atoms with Crippen LogP contribution in [0.25, 0.3) is 10.2 Å². The second-order valence-electron chi connectivity index (χ2n) is 7.03. The van der Waals surface area contributed by atoms with E-state index in [1.807, 2.05) is 38.1 Å². The molecule has 0 unspecified atom stereocenters. The van der Waals surface area contributed by atoms with Gasteiger partial charge in [0.2, 0.25) is 0 Å². The van der Waals surface area contributed by atoms with Crippen molar-refractivity contribution in [3.05, 3.63) is 46.1 Å². The highest BCUT2D eigenvalue weighted by atomic mass is 32.1. The number of fused-ring (bicyclic) bond motifs is 1. The van der Waals surface area contributed by atoms with E-state index in [1.165, 1.54) is 29.7 Å². The van der Waals surface area contributed by atoms with E-state index < -0.39 is 0 Å². The van der Waals surface area contributed by atoms with E-state index in [0.29, 0.717) is 4.88 Å². The summed E-state index contributed by atoms with van der Waals surface area (Å²) in [5.41, 5.74) is 3.04. The lowest BCUT2D eigenvalue weighted by atomic mass is 10.1. The molecule has 0 saturated carbocycles. The van der Waals surface area contributed by atoms with Gasteiger partial charge in [-0.25, -0.2) is 9.97 Å². The van der Waals surface area contributed by atoms with Crippen molar-refractivity contribution in [2.45, 2.75) is 40.0 Å². The summed E-state index contributed by atoms with van der Waals surface area (Å²) >= 11 is 1.46. The Bertz CT molecular complexity index is 988. The van der Waals surface area contributed by atoms with Crippen molar-refractivity contribution in [3.63, 3.8) is 0 Å². The van der Waals surface area contributed by atoms with E-state index in [-0.39, 0.29) is 5.91 Å². The highest BCUT2D eigenvalue weighted by Crippen LogP contribution is 2.36. The number of amides is 1. The van der Waals surface area contributed by atoms with Gasteiger partial charge in [-0.2, -0.15) is 0 Å². The molecule has 1 aromatic carbocycles. The number of nitrogens with one attached hydrogen (secondary N) is 1. The average Bonchev–Trinajstić information content (AvgIpc) is 3.30. The van der Waals surface area contributed by atoms with Gasteiger partial charge in [-0.3, -0.25) is 4.79 Å². The van der Waals surface area contributed by atoms with Crippen LogP contribution in [-0.4, -0.2) is 29.0 Å². The standard InChI is InChI=1S/C21H24N4OS/c1-4-15-7-9-16(10-8-15)24-20(26)18-13(2)17-19(25-11-5-6-12-25)22-14(3)23-21(17)27-18/h7-10H,4-6,11-12H2,1-3H3,(H,24,26). The number of rotatable bonds is 4. The first-order valence-electron chi connectivity index (χ1n) is 9.49. The van der Waals surface area contributed by atoms with Gasteiger partial charge in [0.1, 0.15) is 16.5 Å². The third kappa shape index (κ3) is 3.41. The fourth-order valence-electron chi connectivity index (χ4n) is 3.61. The molecule has 1 aliphatic rings. The minimum absolute atomic E-state index is 0.0789. The number of hydrogen-bond donors (Lipinski definition) is 1. The SMILES string of the molecule is CCc1ccc(NC(=O)c2sc3nc(C)nc(N4CCCC4)c3c2C)cc1. The minimum Gasteiger partial charge on any atom is -0.356 e. The Balaban J connectivity index is 1.70. The second-order valence-corrected chi connectivity index (χ2v) is 8.03. The maximum absolute atomic E-state index is 12.9. The van der Waals surface area contributed by atoms with Gasteiger partial charge in [0.25, 0.3) is 5.91 Å². The first-order chi connectivity index (χ1) is 13.1. The molecule has 0 spiro atoms. The molecule has 1 aliphatic heterocycles. The number of benzene rings is 1. The van der Waals surface area contributed by atoms with Gasteiger partial charge in [-0.15, -0.1) is 11.3 Å². The van der Waals surface area contributed by atoms with Crippen LogP contribution in [-0.2, 0) is 6.42 Å². The number of anilines is 2. The molecular weight excluding hydrogens is 356 g/mol. The second kappa shape index (κ2) is 7.27. The molecule has 3 aromatic rings. The van der Waals surface area contributed by atoms with Crippen LogP contribution >= 0.6 is 11.3 Å². The van der Waals surface area contributed by atoms with Crippen molar-refractivity contribution in [3.8, 4) is 0 Å². The molecule has 0 bridgehead atoms. The molecule has 0 atom stereocenters. The zero-order valence-corrected chi connectivity index (χ0v) is 16.8. The van der Waals surface area contributed by atoms with Crippen LogP contribution in [0.1, 0.15) is 46.4 Å². The number of carbonyl (C=O) groups is 1. The van der Waals surface area contributed by atoms with Crippen LogP contribution in [0.15, 0.2) is 24.3 Å². The molecule has 1 fully saturated rings. The van der Waals surface area contributed by atoms with Crippen LogP contribution in [0.2, 0.25) is 0 Å². The van der Waals surface area contributed by atoms with Crippen molar-refractivity contribution < 1.29 is 4.79 Å². The zero-order valence-electron chi connectivity index (χ0n) is 16.0. The van der Waals surface area contributed by atoms with E-state index >= 15 is 0 Å². The van der Waals surface area contributed by atoms with E-state index in [0.717, 1.165) is 52.6 Å². The van der Waals surface area contributed by atoms with Gasteiger partial charge in [-0.1, -0.05) is 19.1 Å². The lowest BCUT2D eigenvalue weighted by Crippen LogP contribution is -2.20. The Hall–Kier alpha value is -2.47. The summed E-state index contributed by atoms with van der Waals surface area (Å²) in [5, 5.41) is 4.05. The number of hydrogen-bond acceptors (Lipinski definition) is 5. The minimum atomic E-state index is -0.0789. The predicted molar refractivity (Wildman–Crippen MR) is 112 cm³/mol. The highest BCUT2D eigenvalue weighted by Gasteiger charge is 2.24. The van der Waals surface area contributed by atoms with Crippen LogP contribution < -0.4 is 10.2 Å². The molecule has 0 aliphatic carbocycles. The smallest absolute Gasteiger partial charge is 0.266 e. The molecule has 0 radical (unpaired) electrons. The van der Waals surface area contributed by atoms with Gasteiger partial charge in [-0.05, 0) is 56.4 Å². The molecule has 6 heteroatoms. The summed E-state index contributed by atoms with van der Waals surface area (Å²) in [7, 11) is 0. The molecular formula is C21H24N4OS. The number of carbonyl (C=O) groups excluding carboxylic acids is 1. The van der Waals surface area contributed by atoms with Gasteiger partial charge < -0.3 is 10.2 Å². The molecule has 5 nitrogen and oxygen atoms in total. The largest absolute Gasteiger partial charge is 0.356 e. The van der Waals surface area contributed by atoms with E-state index in [2.05, 4.69) is 22.1 Å². The summed E-state index contributed by atoms with van der Waals surface area (Å²) in [6.07, 6.45) is 3.37. The molecule has 1 amide bonds. The Morgan fingerprint density at radius 1 is 1.15 bits per heavy atom. The number of aromatic nitrogens is 2. The fraction of sp³-hybridized carbons (Fsp3) is 0.381. The molecule has 1 N–H and O–H groups in total. The Morgan fingerprint density at radius 2 is 1.85 bits per heavy atom. The van der Waals surface area contributed by atoms with Crippen molar-refractivity contribution in [2.75, 3.05) is 23.3 Å². The average molecular weight is 381 g/mol. The van der Waals surface area contributed by atoms with Crippen molar-refractivity contribution in [1.29, 1.82) is 0 Å². The van der Waals surface area contributed by atoms with Gasteiger partial charge in [0, 0.05) is 18.8 Å². The lowest BCUT2D eigenvalue weighted by molar-refractivity contribution is 0.103. The molecule has 3 heterocycles. The summed E-state index contributed by atoms with van der Waals surface area (Å²) in [5.74, 6) is 1.66. The van der Waals surface area contributed by atoms with Gasteiger partial charge in [0.15, 0.2) is 0 Å². The Morgan fingerprint density at radius 3 is 2.52 bits per heavy atom. The van der Waals surface area contributed by atoms with Crippen LogP contribution in [0.3, 0.4) is 0 Å². The molecule has 27 heavy (non-hydrogen) atoms. The number of aryl methyl sites for hydroxylation is 3. The van der Waals surface area contributed by atoms with E-state index in [4.69, 9.17) is 4.98 Å². The first kappa shape index (κ1) is 17.9. The fourth-order valence-corrected chi connectivity index (χ4v) is 4.72. The normalized spacial score (nSPS) is 14.1. The van der Waals surface area contributed by atoms with Crippen molar-refractivity contribution in [1.82, 2.24) is 9.97 Å². The Labute approximate surface area is 163 Å². The summed E-state index contributed by atoms with van der Waals surface area (Å²) in [6, 6.07) is 8.01. The summed E-state index contributed by atoms with van der Waals surface area (Å²) in [6.45, 7) is 8.09. The third-order valence-corrected chi connectivity index (χ3v) is 6.30. The first-order valence-corrected chi connectivity index (χ1v) is 10.3. The molecule has 2 aromatic heterocycles. The maximum atomic E-state index is 12.9.